The third kappa shape index (κ3) is 4.10. The molecule has 0 spiro atoms. The van der Waals surface area contributed by atoms with E-state index < -0.39 is 5.97 Å². The Kier molecular flexibility index (Phi) is 4.98. The number of hydrogen-bond donors (Lipinski definition) is 1. The van der Waals surface area contributed by atoms with Gasteiger partial charge in [0.05, 0.1) is 0 Å². The lowest BCUT2D eigenvalue weighted by Gasteiger charge is -2.08. The highest BCUT2D eigenvalue weighted by Crippen LogP contribution is 2.14. The largest absolute Gasteiger partial charge is 0.480 e. The predicted octanol–water partition coefficient (Wildman–Crippen LogP) is 2.91. The van der Waals surface area contributed by atoms with Gasteiger partial charge < -0.3 is 14.4 Å². The second-order valence-electron chi connectivity index (χ2n) is 4.57. The summed E-state index contributed by atoms with van der Waals surface area (Å²) in [6.45, 7) is 2.02. The van der Waals surface area contributed by atoms with E-state index in [0.717, 1.165) is 24.1 Å². The van der Waals surface area contributed by atoms with Crippen LogP contribution in [0.5, 0.6) is 0 Å². The molecule has 1 saturated heterocycles. The number of carboxylic acids is 1. The van der Waals surface area contributed by atoms with Gasteiger partial charge in [-0.05, 0) is 36.8 Å². The molecule has 0 atom stereocenters. The van der Waals surface area contributed by atoms with E-state index in [0.29, 0.717) is 0 Å². The van der Waals surface area contributed by atoms with Crippen LogP contribution in [0.2, 0.25) is 0 Å². The van der Waals surface area contributed by atoms with E-state index in [1.54, 1.807) is 10.8 Å². The first-order valence-corrected chi connectivity index (χ1v) is 6.61. The highest BCUT2D eigenvalue weighted by molar-refractivity contribution is 5.81. The van der Waals surface area contributed by atoms with Gasteiger partial charge in [-0.3, -0.25) is 4.79 Å². The first-order chi connectivity index (χ1) is 9.27. The maximum absolute atomic E-state index is 10.5. The fourth-order valence-corrected chi connectivity index (χ4v) is 2.11. The highest BCUT2D eigenvalue weighted by Gasteiger charge is 2.02. The molecule has 4 nitrogen and oxygen atoms in total. The van der Waals surface area contributed by atoms with E-state index in [4.69, 9.17) is 9.84 Å². The molecule has 4 heteroatoms. The molecule has 1 N–H and O–H groups in total. The van der Waals surface area contributed by atoms with Crippen molar-refractivity contribution >= 4 is 16.9 Å². The number of carbonyl (C=O) groups is 1. The zero-order valence-corrected chi connectivity index (χ0v) is 10.9. The second kappa shape index (κ2) is 6.95. The molecule has 0 aliphatic carbocycles. The molecule has 1 aromatic carbocycles. The molecule has 1 aliphatic rings. The van der Waals surface area contributed by atoms with E-state index >= 15 is 0 Å². The van der Waals surface area contributed by atoms with Crippen molar-refractivity contribution in [3.8, 4) is 0 Å². The first kappa shape index (κ1) is 13.6. The van der Waals surface area contributed by atoms with Crippen LogP contribution in [0.25, 0.3) is 10.9 Å². The summed E-state index contributed by atoms with van der Waals surface area (Å²) in [6, 6.07) is 9.64. The van der Waals surface area contributed by atoms with Crippen LogP contribution in [0, 0.1) is 0 Å². The Morgan fingerprint density at radius 1 is 1.16 bits per heavy atom. The smallest absolute Gasteiger partial charge is 0.323 e. The summed E-state index contributed by atoms with van der Waals surface area (Å²) in [6.07, 6.45) is 5.72. The van der Waals surface area contributed by atoms with Gasteiger partial charge in [0, 0.05) is 24.9 Å². The predicted molar refractivity (Wildman–Crippen MR) is 74.2 cm³/mol. The van der Waals surface area contributed by atoms with E-state index in [-0.39, 0.29) is 6.54 Å². The summed E-state index contributed by atoms with van der Waals surface area (Å²) >= 11 is 0. The standard InChI is InChI=1S/C10H9NO2.C5H10O/c12-10(13)7-11-6-5-8-3-1-2-4-9(8)11;1-2-4-6-5-3-1/h1-6H,7H2,(H,12,13);1-5H2. The molecule has 2 aromatic rings. The Bertz CT molecular complexity index is 517. The molecule has 3 rings (SSSR count). The van der Waals surface area contributed by atoms with Crippen molar-refractivity contribution in [3.05, 3.63) is 36.5 Å². The lowest BCUT2D eigenvalue weighted by molar-refractivity contribution is -0.137. The van der Waals surface area contributed by atoms with Crippen LogP contribution < -0.4 is 0 Å². The number of aromatic nitrogens is 1. The third-order valence-electron chi connectivity index (χ3n) is 3.06. The van der Waals surface area contributed by atoms with E-state index in [9.17, 15) is 4.79 Å². The lowest BCUT2D eigenvalue weighted by atomic mass is 10.2. The molecule has 19 heavy (non-hydrogen) atoms. The van der Waals surface area contributed by atoms with Crippen LogP contribution in [0.3, 0.4) is 0 Å². The zero-order chi connectivity index (χ0) is 13.5. The Hall–Kier alpha value is -1.81. The average molecular weight is 261 g/mol. The number of ether oxygens (including phenoxy) is 1. The molecule has 2 heterocycles. The maximum Gasteiger partial charge on any atom is 0.323 e. The monoisotopic (exact) mass is 261 g/mol. The second-order valence-corrected chi connectivity index (χ2v) is 4.57. The summed E-state index contributed by atoms with van der Waals surface area (Å²) in [4.78, 5) is 10.5. The number of fused-ring (bicyclic) bond motifs is 1. The van der Waals surface area contributed by atoms with Crippen molar-refractivity contribution in [1.29, 1.82) is 0 Å². The van der Waals surface area contributed by atoms with Gasteiger partial charge >= 0.3 is 5.97 Å². The first-order valence-electron chi connectivity index (χ1n) is 6.61. The minimum atomic E-state index is -0.818. The Morgan fingerprint density at radius 3 is 2.47 bits per heavy atom. The fraction of sp³-hybridized carbons (Fsp3) is 0.400. The molecular weight excluding hydrogens is 242 g/mol. The lowest BCUT2D eigenvalue weighted by Crippen LogP contribution is -2.06. The van der Waals surface area contributed by atoms with Gasteiger partial charge in [-0.25, -0.2) is 0 Å². The molecule has 0 amide bonds. The molecule has 0 saturated carbocycles. The summed E-state index contributed by atoms with van der Waals surface area (Å²) in [5.41, 5.74) is 0.963. The fourth-order valence-electron chi connectivity index (χ4n) is 2.11. The Labute approximate surface area is 112 Å². The number of rotatable bonds is 2. The van der Waals surface area contributed by atoms with Crippen molar-refractivity contribution in [2.75, 3.05) is 13.2 Å². The molecule has 1 fully saturated rings. The van der Waals surface area contributed by atoms with Gasteiger partial charge in [-0.2, -0.15) is 0 Å². The van der Waals surface area contributed by atoms with Crippen molar-refractivity contribution < 1.29 is 14.6 Å². The topological polar surface area (TPSA) is 51.5 Å². The van der Waals surface area contributed by atoms with Crippen LogP contribution in [0.15, 0.2) is 36.5 Å². The van der Waals surface area contributed by atoms with Gasteiger partial charge in [0.2, 0.25) is 0 Å². The Morgan fingerprint density at radius 2 is 1.89 bits per heavy atom. The van der Waals surface area contributed by atoms with Gasteiger partial charge in [-0.1, -0.05) is 18.2 Å². The molecule has 0 bridgehead atoms. The average Bonchev–Trinajstić information content (AvgIpc) is 2.84. The number of carboxylic acid groups (broad SMARTS) is 1. The molecule has 0 unspecified atom stereocenters. The quantitative estimate of drug-likeness (QED) is 0.904. The van der Waals surface area contributed by atoms with Gasteiger partial charge in [0.1, 0.15) is 6.54 Å². The number of nitrogens with zero attached hydrogens (tertiary/aromatic N) is 1. The molecule has 0 radical (unpaired) electrons. The van der Waals surface area contributed by atoms with Crippen LogP contribution in [-0.2, 0) is 16.1 Å². The summed E-state index contributed by atoms with van der Waals surface area (Å²) in [5, 5.41) is 9.70. The third-order valence-corrected chi connectivity index (χ3v) is 3.06. The van der Waals surface area contributed by atoms with Crippen molar-refractivity contribution in [2.24, 2.45) is 0 Å². The number of aliphatic carboxylic acids is 1. The van der Waals surface area contributed by atoms with E-state index in [1.165, 1.54) is 19.3 Å². The summed E-state index contributed by atoms with van der Waals surface area (Å²) < 4.78 is 6.79. The van der Waals surface area contributed by atoms with Crippen LogP contribution in [-0.4, -0.2) is 28.9 Å². The summed E-state index contributed by atoms with van der Waals surface area (Å²) in [7, 11) is 0. The van der Waals surface area contributed by atoms with Gasteiger partial charge in [-0.15, -0.1) is 0 Å². The van der Waals surface area contributed by atoms with Crippen molar-refractivity contribution in [2.45, 2.75) is 25.8 Å². The van der Waals surface area contributed by atoms with Crippen LogP contribution in [0.4, 0.5) is 0 Å². The van der Waals surface area contributed by atoms with Crippen molar-refractivity contribution in [3.63, 3.8) is 0 Å². The van der Waals surface area contributed by atoms with Gasteiger partial charge in [0.25, 0.3) is 0 Å². The van der Waals surface area contributed by atoms with Crippen molar-refractivity contribution in [1.82, 2.24) is 4.57 Å². The Balaban J connectivity index is 0.000000186. The SMILES string of the molecule is C1CCOCC1.O=C(O)Cn1ccc2ccccc21. The minimum Gasteiger partial charge on any atom is -0.480 e. The van der Waals surface area contributed by atoms with Crippen LogP contribution >= 0.6 is 0 Å². The van der Waals surface area contributed by atoms with E-state index in [1.807, 2.05) is 30.3 Å². The number of benzene rings is 1. The normalized spacial score (nSPS) is 14.7. The molecule has 1 aromatic heterocycles. The zero-order valence-electron chi connectivity index (χ0n) is 10.9. The van der Waals surface area contributed by atoms with Crippen LogP contribution in [0.1, 0.15) is 19.3 Å². The highest BCUT2D eigenvalue weighted by atomic mass is 16.5. The molecule has 102 valence electrons. The summed E-state index contributed by atoms with van der Waals surface area (Å²) in [5.74, 6) is -0.818. The number of hydrogen-bond acceptors (Lipinski definition) is 2. The van der Waals surface area contributed by atoms with Gasteiger partial charge in [0.15, 0.2) is 0 Å². The molecule has 1 aliphatic heterocycles. The molecular formula is C15H19NO3. The number of para-hydroxylation sites is 1. The maximum atomic E-state index is 10.5. The minimum absolute atomic E-state index is 0.0213. The van der Waals surface area contributed by atoms with E-state index in [2.05, 4.69) is 0 Å².